The molecule has 0 amide bonds. The van der Waals surface area contributed by atoms with E-state index in [9.17, 15) is 5.11 Å². The minimum Gasteiger partial charge on any atom is -0.507 e. The predicted octanol–water partition coefficient (Wildman–Crippen LogP) is 13.0. The zero-order chi connectivity index (χ0) is 39.5. The molecule has 0 aliphatic heterocycles. The summed E-state index contributed by atoms with van der Waals surface area (Å²) in [5, 5.41) is 12.1. The van der Waals surface area contributed by atoms with Crippen molar-refractivity contribution in [2.75, 3.05) is 0 Å². The molecule has 0 spiro atoms. The van der Waals surface area contributed by atoms with Gasteiger partial charge in [0.1, 0.15) is 11.6 Å². The molecule has 57 heavy (non-hydrogen) atoms. The second kappa shape index (κ2) is 15.1. The van der Waals surface area contributed by atoms with E-state index in [0.717, 1.165) is 50.2 Å². The Morgan fingerprint density at radius 1 is 0.719 bits per heavy atom. The molecule has 8 rings (SSSR count). The van der Waals surface area contributed by atoms with Gasteiger partial charge in [-0.1, -0.05) is 119 Å². The van der Waals surface area contributed by atoms with Gasteiger partial charge < -0.3 is 14.2 Å². The van der Waals surface area contributed by atoms with Crippen LogP contribution in [-0.4, -0.2) is 24.2 Å². The first-order valence-corrected chi connectivity index (χ1v) is 19.4. The molecule has 1 N–H and O–H groups in total. The van der Waals surface area contributed by atoms with Crippen LogP contribution >= 0.6 is 0 Å². The Bertz CT molecular complexity index is 2810. The summed E-state index contributed by atoms with van der Waals surface area (Å²) in [5.74, 6) is 0.923. The van der Waals surface area contributed by atoms with Crippen molar-refractivity contribution in [1.29, 1.82) is 0 Å². The van der Waals surface area contributed by atoms with Crippen molar-refractivity contribution in [2.24, 2.45) is 7.05 Å². The third kappa shape index (κ3) is 7.19. The summed E-state index contributed by atoms with van der Waals surface area (Å²) in [6.07, 6.45) is 6.24. The van der Waals surface area contributed by atoms with Crippen LogP contribution in [0.3, 0.4) is 0 Å². The Hall–Kier alpha value is -5.51. The molecule has 0 radical (unpaired) electrons. The van der Waals surface area contributed by atoms with Crippen molar-refractivity contribution in [3.05, 3.63) is 150 Å². The minimum absolute atomic E-state index is 0. The van der Waals surface area contributed by atoms with Gasteiger partial charge in [-0.15, -0.1) is 29.3 Å². The van der Waals surface area contributed by atoms with Crippen LogP contribution in [0.15, 0.2) is 121 Å². The number of para-hydroxylation sites is 3. The molecule has 8 aromatic rings. The summed E-state index contributed by atoms with van der Waals surface area (Å²) in [6, 6.07) is 41.8. The summed E-state index contributed by atoms with van der Waals surface area (Å²) >= 11 is 0. The number of allylic oxidation sites excluding steroid dienone is 1. The van der Waals surface area contributed by atoms with Gasteiger partial charge >= 0.3 is 0 Å². The van der Waals surface area contributed by atoms with Crippen molar-refractivity contribution in [1.82, 2.24) is 19.1 Å². The number of benzene rings is 5. The van der Waals surface area contributed by atoms with Gasteiger partial charge in [0.15, 0.2) is 0 Å². The van der Waals surface area contributed by atoms with Gasteiger partial charge in [-0.3, -0.25) is 4.98 Å². The maximum Gasteiger partial charge on any atom is 0.143 e. The Balaban J connectivity index is 0.00000496. The molecule has 3 heterocycles. The summed E-state index contributed by atoms with van der Waals surface area (Å²) in [6.45, 7) is 17.8. The van der Waals surface area contributed by atoms with Crippen LogP contribution in [0.4, 0.5) is 0 Å². The molecular weight excluding hydrogens is 880 g/mol. The van der Waals surface area contributed by atoms with E-state index in [2.05, 4.69) is 168 Å². The van der Waals surface area contributed by atoms with E-state index >= 15 is 0 Å². The van der Waals surface area contributed by atoms with E-state index in [4.69, 9.17) is 9.97 Å². The molecule has 0 atom stereocenters. The van der Waals surface area contributed by atoms with Gasteiger partial charge in [-0.25, -0.2) is 4.98 Å². The minimum atomic E-state index is -0.148. The SMILES string of the molecule is C/C=C\c1c(C)c2cccc(-c3ccnc(-c4[c-]c(-c5cc(C(C)(C)C)cc6c5nc(-c5ccccc5O)n6C)cc(C(C)(C)C)c4)c3)c2n1-c1ccccc1.[Pt]. The number of hydrogen-bond acceptors (Lipinski definition) is 3. The van der Waals surface area contributed by atoms with E-state index in [0.29, 0.717) is 11.4 Å². The number of imidazole rings is 1. The van der Waals surface area contributed by atoms with Gasteiger partial charge in [-0.2, -0.15) is 0 Å². The van der Waals surface area contributed by atoms with E-state index < -0.39 is 0 Å². The molecule has 5 aromatic carbocycles. The van der Waals surface area contributed by atoms with Crippen LogP contribution < -0.4 is 0 Å². The van der Waals surface area contributed by atoms with Crippen molar-refractivity contribution in [2.45, 2.75) is 66.2 Å². The van der Waals surface area contributed by atoms with E-state index in [1.807, 2.05) is 31.4 Å². The monoisotopic (exact) mass is 928 g/mol. The Morgan fingerprint density at radius 2 is 1.39 bits per heavy atom. The van der Waals surface area contributed by atoms with Crippen LogP contribution in [0.25, 0.3) is 78.6 Å². The second-order valence-corrected chi connectivity index (χ2v) is 16.9. The number of phenols is 1. The van der Waals surface area contributed by atoms with Crippen LogP contribution in [0.5, 0.6) is 5.75 Å². The number of aromatic hydroxyl groups is 1. The number of rotatable bonds is 6. The molecule has 0 saturated carbocycles. The molecule has 0 unspecified atom stereocenters. The zero-order valence-corrected chi connectivity index (χ0v) is 36.4. The fourth-order valence-electron chi connectivity index (χ4n) is 7.81. The molecule has 5 nitrogen and oxygen atoms in total. The number of aromatic nitrogens is 4. The number of aryl methyl sites for hydroxylation is 2. The topological polar surface area (TPSA) is 55.9 Å². The average molecular weight is 929 g/mol. The van der Waals surface area contributed by atoms with Gasteiger partial charge in [0.25, 0.3) is 0 Å². The van der Waals surface area contributed by atoms with E-state index in [-0.39, 0.29) is 37.6 Å². The number of fused-ring (bicyclic) bond motifs is 2. The van der Waals surface area contributed by atoms with Gasteiger partial charge in [0.05, 0.1) is 22.1 Å². The van der Waals surface area contributed by atoms with Gasteiger partial charge in [0.2, 0.25) is 0 Å². The maximum absolute atomic E-state index is 10.9. The normalized spacial score (nSPS) is 12.2. The summed E-state index contributed by atoms with van der Waals surface area (Å²) in [4.78, 5) is 10.2. The molecule has 290 valence electrons. The van der Waals surface area contributed by atoms with Crippen LogP contribution in [-0.2, 0) is 38.9 Å². The zero-order valence-electron chi connectivity index (χ0n) is 34.2. The molecule has 0 saturated heterocycles. The Labute approximate surface area is 351 Å². The smallest absolute Gasteiger partial charge is 0.143 e. The molecule has 0 aliphatic rings. The van der Waals surface area contributed by atoms with Crippen LogP contribution in [0.1, 0.15) is 70.9 Å². The van der Waals surface area contributed by atoms with Crippen molar-refractivity contribution < 1.29 is 26.2 Å². The van der Waals surface area contributed by atoms with Gasteiger partial charge in [-0.05, 0) is 83.8 Å². The number of hydrogen-bond donors (Lipinski definition) is 1. The largest absolute Gasteiger partial charge is 0.507 e. The molecule has 0 bridgehead atoms. The molecule has 6 heteroatoms. The second-order valence-electron chi connectivity index (χ2n) is 16.9. The fraction of sp³-hybridized carbons (Fsp3) is 0.216. The summed E-state index contributed by atoms with van der Waals surface area (Å²) in [5.41, 5.74) is 15.4. The third-order valence-electron chi connectivity index (χ3n) is 11.0. The van der Waals surface area contributed by atoms with Crippen molar-refractivity contribution >= 4 is 28.0 Å². The molecule has 3 aromatic heterocycles. The number of pyridine rings is 1. The number of phenolic OH excluding ortho intramolecular Hbond substituents is 1. The van der Waals surface area contributed by atoms with Crippen LogP contribution in [0, 0.1) is 13.0 Å². The van der Waals surface area contributed by atoms with E-state index in [1.54, 1.807) is 6.07 Å². The molecule has 0 fully saturated rings. The van der Waals surface area contributed by atoms with Gasteiger partial charge in [0, 0.05) is 62.3 Å². The quantitative estimate of drug-likeness (QED) is 0.169. The Morgan fingerprint density at radius 3 is 2.09 bits per heavy atom. The Kier molecular flexibility index (Phi) is 10.5. The van der Waals surface area contributed by atoms with Crippen molar-refractivity contribution in [3.63, 3.8) is 0 Å². The molecule has 0 aliphatic carbocycles. The first kappa shape index (κ1) is 39.7. The van der Waals surface area contributed by atoms with Crippen LogP contribution in [0.2, 0.25) is 0 Å². The predicted molar refractivity (Wildman–Crippen MR) is 234 cm³/mol. The first-order chi connectivity index (χ1) is 26.7. The third-order valence-corrected chi connectivity index (χ3v) is 11.0. The number of nitrogens with zero attached hydrogens (tertiary/aromatic N) is 4. The maximum atomic E-state index is 10.9. The molecular formula is C51H49N4OPt-. The van der Waals surface area contributed by atoms with Crippen molar-refractivity contribution in [3.8, 4) is 56.3 Å². The summed E-state index contributed by atoms with van der Waals surface area (Å²) in [7, 11) is 2.03. The standard InChI is InChI=1S/C51H49N4O.Pt/c1-10-17-44-32(2)39-21-16-22-40(48(39)55(44)38-18-12-11-13-19-38)33-24-25-52-43(29-33)35-26-34(27-36(28-35)50(3,4)5)42-30-37(51(6,7)8)31-45-47(42)53-49(54(45)9)41-20-14-15-23-46(41)56;/h10-25,27-31,56H,1-9H3;/q-1;/b17-10-;. The fourth-order valence-corrected chi connectivity index (χ4v) is 7.81. The summed E-state index contributed by atoms with van der Waals surface area (Å²) < 4.78 is 4.48. The van der Waals surface area contributed by atoms with E-state index in [1.165, 1.54) is 33.3 Å². The first-order valence-electron chi connectivity index (χ1n) is 19.4. The average Bonchev–Trinajstić information content (AvgIpc) is 3.67.